The summed E-state index contributed by atoms with van der Waals surface area (Å²) in [6, 6.07) is 5.06. The molecule has 150 valence electrons. The number of carbonyl (C=O) groups excluding carboxylic acids is 2. The van der Waals surface area contributed by atoms with Crippen LogP contribution in [-0.4, -0.2) is 37.8 Å². The van der Waals surface area contributed by atoms with Crippen LogP contribution in [0.2, 0.25) is 0 Å². The molecule has 27 heavy (non-hydrogen) atoms. The molecule has 0 spiro atoms. The van der Waals surface area contributed by atoms with Crippen molar-refractivity contribution in [2.45, 2.75) is 64.4 Å². The van der Waals surface area contributed by atoms with Crippen molar-refractivity contribution in [3.63, 3.8) is 0 Å². The number of esters is 1. The summed E-state index contributed by atoms with van der Waals surface area (Å²) >= 11 is 0. The summed E-state index contributed by atoms with van der Waals surface area (Å²) in [6.45, 7) is 4.63. The molecule has 1 amide bonds. The van der Waals surface area contributed by atoms with Gasteiger partial charge in [0.2, 0.25) is 0 Å². The van der Waals surface area contributed by atoms with E-state index < -0.39 is 11.6 Å². The quantitative estimate of drug-likeness (QED) is 0.512. The second kappa shape index (κ2) is 10.3. The van der Waals surface area contributed by atoms with Crippen LogP contribution in [0, 0.1) is 0 Å². The summed E-state index contributed by atoms with van der Waals surface area (Å²) in [5.41, 5.74) is 0.0623. The molecule has 1 aliphatic carbocycles. The Labute approximate surface area is 161 Å². The van der Waals surface area contributed by atoms with Crippen molar-refractivity contribution in [3.8, 4) is 5.75 Å². The van der Waals surface area contributed by atoms with Crippen LogP contribution in [0.1, 0.15) is 69.2 Å². The summed E-state index contributed by atoms with van der Waals surface area (Å²) in [5.74, 6) is -0.155. The minimum atomic E-state index is -0.793. The average Bonchev–Trinajstić information content (AvgIpc) is 2.69. The lowest BCUT2D eigenvalue weighted by molar-refractivity contribution is -0.141. The number of carbonyl (C=O) groups is 2. The predicted molar refractivity (Wildman–Crippen MR) is 104 cm³/mol. The molecular formula is C21H31NO5. The van der Waals surface area contributed by atoms with Gasteiger partial charge in [0.25, 0.3) is 5.91 Å². The van der Waals surface area contributed by atoms with Crippen LogP contribution < -0.4 is 10.1 Å². The fourth-order valence-electron chi connectivity index (χ4n) is 3.32. The molecule has 6 nitrogen and oxygen atoms in total. The van der Waals surface area contributed by atoms with Crippen molar-refractivity contribution in [2.24, 2.45) is 0 Å². The van der Waals surface area contributed by atoms with Gasteiger partial charge in [0.1, 0.15) is 16.9 Å². The third-order valence-electron chi connectivity index (χ3n) is 4.95. The number of methoxy groups -OCH3 is 1. The first-order valence-electron chi connectivity index (χ1n) is 9.87. The minimum absolute atomic E-state index is 0.167. The Balaban J connectivity index is 2.19. The van der Waals surface area contributed by atoms with Crippen molar-refractivity contribution in [1.29, 1.82) is 0 Å². The minimum Gasteiger partial charge on any atom is -0.493 e. The van der Waals surface area contributed by atoms with E-state index in [2.05, 4.69) is 12.2 Å². The van der Waals surface area contributed by atoms with Crippen LogP contribution >= 0.6 is 0 Å². The van der Waals surface area contributed by atoms with Gasteiger partial charge in [0, 0.05) is 12.8 Å². The van der Waals surface area contributed by atoms with E-state index in [4.69, 9.17) is 14.2 Å². The van der Waals surface area contributed by atoms with Crippen molar-refractivity contribution >= 4 is 17.6 Å². The largest absolute Gasteiger partial charge is 0.493 e. The second-order valence-corrected chi connectivity index (χ2v) is 6.85. The third kappa shape index (κ3) is 5.45. The number of ether oxygens (including phenoxy) is 3. The number of anilines is 1. The second-order valence-electron chi connectivity index (χ2n) is 6.85. The molecule has 0 saturated heterocycles. The van der Waals surface area contributed by atoms with E-state index in [1.54, 1.807) is 32.2 Å². The average molecular weight is 377 g/mol. The fourth-order valence-corrected chi connectivity index (χ4v) is 3.32. The fraction of sp³-hybridized carbons (Fsp3) is 0.619. The Bertz CT molecular complexity index is 637. The molecule has 0 aliphatic heterocycles. The molecule has 0 atom stereocenters. The topological polar surface area (TPSA) is 73.9 Å². The molecule has 0 unspecified atom stereocenters. The van der Waals surface area contributed by atoms with Crippen molar-refractivity contribution in [2.75, 3.05) is 25.6 Å². The molecule has 1 fully saturated rings. The van der Waals surface area contributed by atoms with Gasteiger partial charge in [0.15, 0.2) is 0 Å². The summed E-state index contributed by atoms with van der Waals surface area (Å²) in [7, 11) is 1.58. The molecule has 0 aromatic heterocycles. The van der Waals surface area contributed by atoms with Crippen LogP contribution in [0.25, 0.3) is 0 Å². The molecule has 1 aromatic carbocycles. The molecule has 1 N–H and O–H groups in total. The predicted octanol–water partition coefficient (Wildman–Crippen LogP) is 4.33. The van der Waals surface area contributed by atoms with E-state index in [1.807, 2.05) is 0 Å². The van der Waals surface area contributed by atoms with Gasteiger partial charge in [-0.05, 0) is 44.4 Å². The van der Waals surface area contributed by atoms with Gasteiger partial charge in [-0.3, -0.25) is 4.79 Å². The van der Waals surface area contributed by atoms with Gasteiger partial charge < -0.3 is 19.5 Å². The third-order valence-corrected chi connectivity index (χ3v) is 4.95. The smallest absolute Gasteiger partial charge is 0.341 e. The number of rotatable bonds is 9. The SMILES string of the molecule is CCCCOc1ccc(NC(=O)C2(OC)CCCCC2)cc1C(=O)OCC. The Kier molecular flexibility index (Phi) is 8.10. The molecule has 1 aromatic rings. The van der Waals surface area contributed by atoms with E-state index in [0.717, 1.165) is 32.1 Å². The zero-order chi connectivity index (χ0) is 19.7. The first kappa shape index (κ1) is 21.2. The summed E-state index contributed by atoms with van der Waals surface area (Å²) in [5, 5.41) is 2.91. The number of nitrogens with one attached hydrogen (secondary N) is 1. The Morgan fingerprint density at radius 2 is 1.89 bits per heavy atom. The van der Waals surface area contributed by atoms with Crippen molar-refractivity contribution < 1.29 is 23.8 Å². The Morgan fingerprint density at radius 3 is 2.52 bits per heavy atom. The highest BCUT2D eigenvalue weighted by Gasteiger charge is 2.39. The summed E-state index contributed by atoms with van der Waals surface area (Å²) in [6.07, 6.45) is 6.38. The number of hydrogen-bond donors (Lipinski definition) is 1. The number of amides is 1. The van der Waals surface area contributed by atoms with E-state index in [0.29, 0.717) is 36.4 Å². The lowest BCUT2D eigenvalue weighted by Gasteiger charge is -2.34. The van der Waals surface area contributed by atoms with E-state index in [-0.39, 0.29) is 12.5 Å². The molecule has 1 aliphatic rings. The molecule has 0 bridgehead atoms. The molecule has 0 heterocycles. The first-order chi connectivity index (χ1) is 13.1. The van der Waals surface area contributed by atoms with Crippen LogP contribution in [0.4, 0.5) is 5.69 Å². The first-order valence-corrected chi connectivity index (χ1v) is 9.87. The normalized spacial score (nSPS) is 15.8. The highest BCUT2D eigenvalue weighted by Crippen LogP contribution is 2.33. The Hall–Kier alpha value is -2.08. The Morgan fingerprint density at radius 1 is 1.15 bits per heavy atom. The van der Waals surface area contributed by atoms with Crippen molar-refractivity contribution in [3.05, 3.63) is 23.8 Å². The summed E-state index contributed by atoms with van der Waals surface area (Å²) in [4.78, 5) is 25.2. The molecule has 0 radical (unpaired) electrons. The monoisotopic (exact) mass is 377 g/mol. The van der Waals surface area contributed by atoms with Gasteiger partial charge in [0.05, 0.1) is 13.2 Å². The maximum absolute atomic E-state index is 12.8. The standard InChI is InChI=1S/C21H31NO5/c1-4-6-14-27-18-11-10-16(15-17(18)19(23)26-5-2)22-20(24)21(25-3)12-8-7-9-13-21/h10-11,15H,4-9,12-14H2,1-3H3,(H,22,24). The van der Waals surface area contributed by atoms with Crippen LogP contribution in [0.15, 0.2) is 18.2 Å². The maximum atomic E-state index is 12.8. The van der Waals surface area contributed by atoms with E-state index in [9.17, 15) is 9.59 Å². The van der Waals surface area contributed by atoms with Crippen LogP contribution in [-0.2, 0) is 14.3 Å². The van der Waals surface area contributed by atoms with Gasteiger partial charge in [-0.1, -0.05) is 32.6 Å². The lowest BCUT2D eigenvalue weighted by Crippen LogP contribution is -2.46. The van der Waals surface area contributed by atoms with Gasteiger partial charge >= 0.3 is 5.97 Å². The summed E-state index contributed by atoms with van der Waals surface area (Å²) < 4.78 is 16.4. The molecule has 6 heteroatoms. The van der Waals surface area contributed by atoms with Crippen LogP contribution in [0.3, 0.4) is 0 Å². The zero-order valence-corrected chi connectivity index (χ0v) is 16.6. The van der Waals surface area contributed by atoms with Crippen LogP contribution in [0.5, 0.6) is 5.75 Å². The molecule has 2 rings (SSSR count). The number of unbranched alkanes of at least 4 members (excludes halogenated alkanes) is 1. The van der Waals surface area contributed by atoms with Crippen molar-refractivity contribution in [1.82, 2.24) is 0 Å². The maximum Gasteiger partial charge on any atom is 0.341 e. The highest BCUT2D eigenvalue weighted by atomic mass is 16.5. The number of benzene rings is 1. The lowest BCUT2D eigenvalue weighted by atomic mass is 9.84. The van der Waals surface area contributed by atoms with E-state index in [1.165, 1.54) is 0 Å². The molecule has 1 saturated carbocycles. The number of hydrogen-bond acceptors (Lipinski definition) is 5. The zero-order valence-electron chi connectivity index (χ0n) is 16.6. The van der Waals surface area contributed by atoms with Gasteiger partial charge in [-0.2, -0.15) is 0 Å². The van der Waals surface area contributed by atoms with Gasteiger partial charge in [-0.25, -0.2) is 4.79 Å². The highest BCUT2D eigenvalue weighted by molar-refractivity contribution is 5.99. The van der Waals surface area contributed by atoms with E-state index >= 15 is 0 Å². The van der Waals surface area contributed by atoms with Gasteiger partial charge in [-0.15, -0.1) is 0 Å². The molecular weight excluding hydrogens is 346 g/mol.